The third-order valence-corrected chi connectivity index (χ3v) is 8.65. The van der Waals surface area contributed by atoms with E-state index in [-0.39, 0.29) is 0 Å². The standard InChI is InChI=1S/C40H36IN/c1-7-31(32-18-20-38(41)21-19-32)13-10-27(3)39-24-37(36-22-28(4)30(6)29(5)23-36)25-40(42-39)35-16-14-34(15-17-35)33-11-8-26(2)9-12-33/h7-25H,3H2,1-2,4-6H3/b13-10-,31-7+. The molecule has 0 aliphatic rings. The van der Waals surface area contributed by atoms with Gasteiger partial charge < -0.3 is 0 Å². The van der Waals surface area contributed by atoms with Crippen molar-refractivity contribution < 1.29 is 0 Å². The van der Waals surface area contributed by atoms with Crippen molar-refractivity contribution in [3.63, 3.8) is 0 Å². The Balaban J connectivity index is 1.54. The fourth-order valence-corrected chi connectivity index (χ4v) is 5.43. The number of allylic oxidation sites excluding steroid dienone is 5. The van der Waals surface area contributed by atoms with Crippen LogP contribution in [0.3, 0.4) is 0 Å². The van der Waals surface area contributed by atoms with Crippen LogP contribution in [0.2, 0.25) is 0 Å². The Morgan fingerprint density at radius 2 is 1.19 bits per heavy atom. The van der Waals surface area contributed by atoms with Crippen LogP contribution in [-0.4, -0.2) is 4.98 Å². The lowest BCUT2D eigenvalue weighted by Gasteiger charge is -2.13. The van der Waals surface area contributed by atoms with E-state index in [1.807, 2.05) is 0 Å². The Bertz CT molecular complexity index is 1780. The highest BCUT2D eigenvalue weighted by atomic mass is 127. The smallest absolute Gasteiger partial charge is 0.0715 e. The van der Waals surface area contributed by atoms with E-state index in [0.29, 0.717) is 0 Å². The van der Waals surface area contributed by atoms with Gasteiger partial charge in [0.2, 0.25) is 0 Å². The summed E-state index contributed by atoms with van der Waals surface area (Å²) in [5.41, 5.74) is 16.0. The zero-order valence-electron chi connectivity index (χ0n) is 25.0. The molecule has 1 aromatic heterocycles. The summed E-state index contributed by atoms with van der Waals surface area (Å²) >= 11 is 2.34. The van der Waals surface area contributed by atoms with E-state index in [1.54, 1.807) is 0 Å². The van der Waals surface area contributed by atoms with Gasteiger partial charge in [0.1, 0.15) is 0 Å². The summed E-state index contributed by atoms with van der Waals surface area (Å²) < 4.78 is 1.22. The molecule has 0 saturated heterocycles. The van der Waals surface area contributed by atoms with Gasteiger partial charge in [-0.05, 0) is 137 Å². The summed E-state index contributed by atoms with van der Waals surface area (Å²) in [5.74, 6) is 0. The van der Waals surface area contributed by atoms with Crippen molar-refractivity contribution in [2.75, 3.05) is 0 Å². The third kappa shape index (κ3) is 6.71. The van der Waals surface area contributed by atoms with E-state index < -0.39 is 0 Å². The highest BCUT2D eigenvalue weighted by Crippen LogP contribution is 2.32. The van der Waals surface area contributed by atoms with Crippen molar-refractivity contribution in [3.8, 4) is 33.5 Å². The molecule has 5 aromatic rings. The van der Waals surface area contributed by atoms with Gasteiger partial charge in [-0.3, -0.25) is 0 Å². The van der Waals surface area contributed by atoms with E-state index in [9.17, 15) is 0 Å². The molecule has 0 spiro atoms. The number of aryl methyl sites for hydroxylation is 3. The van der Waals surface area contributed by atoms with Crippen LogP contribution in [0.4, 0.5) is 0 Å². The van der Waals surface area contributed by atoms with Crippen LogP contribution in [0.15, 0.2) is 122 Å². The minimum atomic E-state index is 0.871. The molecule has 0 N–H and O–H groups in total. The van der Waals surface area contributed by atoms with Crippen molar-refractivity contribution >= 4 is 33.7 Å². The second kappa shape index (κ2) is 12.9. The van der Waals surface area contributed by atoms with Gasteiger partial charge in [0.15, 0.2) is 0 Å². The first-order valence-electron chi connectivity index (χ1n) is 14.3. The average Bonchev–Trinajstić information content (AvgIpc) is 3.01. The molecule has 1 heterocycles. The fourth-order valence-electron chi connectivity index (χ4n) is 5.07. The summed E-state index contributed by atoms with van der Waals surface area (Å²) in [7, 11) is 0. The molecule has 5 rings (SSSR count). The number of benzene rings is 4. The fraction of sp³-hybridized carbons (Fsp3) is 0.125. The number of rotatable bonds is 7. The summed E-state index contributed by atoms with van der Waals surface area (Å²) in [6, 6.07) is 34.9. The van der Waals surface area contributed by atoms with Crippen molar-refractivity contribution in [1.82, 2.24) is 4.98 Å². The van der Waals surface area contributed by atoms with E-state index in [2.05, 4.69) is 179 Å². The zero-order chi connectivity index (χ0) is 29.8. The van der Waals surface area contributed by atoms with Gasteiger partial charge in [-0.15, -0.1) is 0 Å². The molecule has 0 bridgehead atoms. The lowest BCUT2D eigenvalue weighted by Crippen LogP contribution is -1.95. The Morgan fingerprint density at radius 3 is 1.79 bits per heavy atom. The summed E-state index contributed by atoms with van der Waals surface area (Å²) in [4.78, 5) is 5.12. The monoisotopic (exact) mass is 657 g/mol. The molecule has 0 amide bonds. The number of hydrogen-bond acceptors (Lipinski definition) is 1. The molecule has 42 heavy (non-hydrogen) atoms. The molecule has 0 aliphatic heterocycles. The van der Waals surface area contributed by atoms with Gasteiger partial charge in [-0.25, -0.2) is 4.98 Å². The average molecular weight is 658 g/mol. The Labute approximate surface area is 264 Å². The molecular formula is C40H36IN. The molecule has 0 atom stereocenters. The van der Waals surface area contributed by atoms with E-state index in [0.717, 1.165) is 33.7 Å². The number of aromatic nitrogens is 1. The molecule has 208 valence electrons. The number of nitrogens with zero attached hydrogens (tertiary/aromatic N) is 1. The van der Waals surface area contributed by atoms with Crippen LogP contribution in [0.25, 0.3) is 44.7 Å². The predicted molar refractivity (Wildman–Crippen MR) is 190 cm³/mol. The second-order valence-corrected chi connectivity index (χ2v) is 12.2. The van der Waals surface area contributed by atoms with Gasteiger partial charge in [0.05, 0.1) is 11.4 Å². The van der Waals surface area contributed by atoms with Crippen LogP contribution >= 0.6 is 22.6 Å². The maximum Gasteiger partial charge on any atom is 0.0715 e. The predicted octanol–water partition coefficient (Wildman–Crippen LogP) is 11.6. The second-order valence-electron chi connectivity index (χ2n) is 10.9. The first-order chi connectivity index (χ1) is 20.2. The SMILES string of the molecule is C=C(/C=C\C(=C/C)c1ccc(I)cc1)c1cc(-c2cc(C)c(C)c(C)c2)cc(-c2ccc(-c3ccc(C)cc3)cc2)n1. The molecule has 0 aliphatic carbocycles. The topological polar surface area (TPSA) is 12.9 Å². The Kier molecular flexibility index (Phi) is 9.03. The van der Waals surface area contributed by atoms with E-state index >= 15 is 0 Å². The third-order valence-electron chi connectivity index (χ3n) is 7.93. The van der Waals surface area contributed by atoms with Crippen LogP contribution in [0, 0.1) is 31.3 Å². The molecule has 4 aromatic carbocycles. The van der Waals surface area contributed by atoms with Gasteiger partial charge >= 0.3 is 0 Å². The van der Waals surface area contributed by atoms with Crippen LogP contribution < -0.4 is 0 Å². The molecule has 0 saturated carbocycles. The Morgan fingerprint density at radius 1 is 0.643 bits per heavy atom. The highest BCUT2D eigenvalue weighted by molar-refractivity contribution is 14.1. The van der Waals surface area contributed by atoms with Crippen molar-refractivity contribution in [2.45, 2.75) is 34.6 Å². The van der Waals surface area contributed by atoms with Crippen molar-refractivity contribution in [1.29, 1.82) is 0 Å². The van der Waals surface area contributed by atoms with E-state index in [4.69, 9.17) is 4.98 Å². The van der Waals surface area contributed by atoms with Crippen molar-refractivity contribution in [3.05, 3.63) is 159 Å². The van der Waals surface area contributed by atoms with Crippen molar-refractivity contribution in [2.24, 2.45) is 0 Å². The molecule has 2 heteroatoms. The lowest BCUT2D eigenvalue weighted by atomic mass is 9.94. The maximum atomic E-state index is 5.12. The number of hydrogen-bond donors (Lipinski definition) is 0. The molecule has 0 fully saturated rings. The Hall–Kier alpha value is -4.02. The summed E-state index contributed by atoms with van der Waals surface area (Å²) in [6.45, 7) is 15.2. The first-order valence-corrected chi connectivity index (χ1v) is 15.4. The summed E-state index contributed by atoms with van der Waals surface area (Å²) in [6.07, 6.45) is 6.35. The maximum absolute atomic E-state index is 5.12. The van der Waals surface area contributed by atoms with Crippen LogP contribution in [-0.2, 0) is 0 Å². The lowest BCUT2D eigenvalue weighted by molar-refractivity contribution is 1.25. The zero-order valence-corrected chi connectivity index (χ0v) is 27.2. The van der Waals surface area contributed by atoms with Gasteiger partial charge in [0.25, 0.3) is 0 Å². The largest absolute Gasteiger partial charge is 0.248 e. The van der Waals surface area contributed by atoms with Gasteiger partial charge in [0, 0.05) is 9.13 Å². The minimum Gasteiger partial charge on any atom is -0.248 e. The molecule has 0 unspecified atom stereocenters. The summed E-state index contributed by atoms with van der Waals surface area (Å²) in [5, 5.41) is 0. The first kappa shape index (κ1) is 29.5. The number of halogens is 1. The van der Waals surface area contributed by atoms with Gasteiger partial charge in [-0.1, -0.05) is 103 Å². The molecule has 1 nitrogen and oxygen atoms in total. The van der Waals surface area contributed by atoms with E-state index in [1.165, 1.54) is 48.1 Å². The van der Waals surface area contributed by atoms with Crippen LogP contribution in [0.1, 0.15) is 40.4 Å². The molecular weight excluding hydrogens is 621 g/mol. The van der Waals surface area contributed by atoms with Crippen LogP contribution in [0.5, 0.6) is 0 Å². The quantitative estimate of drug-likeness (QED) is 0.125. The van der Waals surface area contributed by atoms with Gasteiger partial charge in [-0.2, -0.15) is 0 Å². The normalized spacial score (nSPS) is 11.7. The number of pyridine rings is 1. The minimum absolute atomic E-state index is 0.871. The molecule has 0 radical (unpaired) electrons. The highest BCUT2D eigenvalue weighted by Gasteiger charge is 2.11.